The number of carbonyl (C=O) groups is 3. The van der Waals surface area contributed by atoms with Crippen LogP contribution in [0.1, 0.15) is 30.9 Å². The maximum atomic E-state index is 13.7. The minimum Gasteiger partial charge on any atom is -0.497 e. The van der Waals surface area contributed by atoms with Crippen LogP contribution in [0.2, 0.25) is 0 Å². The third-order valence-electron chi connectivity index (χ3n) is 6.82. The summed E-state index contributed by atoms with van der Waals surface area (Å²) in [7, 11) is 3.16. The molecular weight excluding hydrogens is 554 g/mol. The lowest BCUT2D eigenvalue weighted by molar-refractivity contribution is -0.128. The van der Waals surface area contributed by atoms with Crippen molar-refractivity contribution in [1.29, 1.82) is 0 Å². The summed E-state index contributed by atoms with van der Waals surface area (Å²) < 4.78 is 10.4. The van der Waals surface area contributed by atoms with Crippen molar-refractivity contribution in [2.24, 2.45) is 9.98 Å². The van der Waals surface area contributed by atoms with Crippen LogP contribution in [0.4, 0.5) is 11.4 Å². The maximum absolute atomic E-state index is 13.7. The minimum atomic E-state index is -0.904. The Balaban J connectivity index is 1.31. The Morgan fingerprint density at radius 3 is 2.50 bits per heavy atom. The van der Waals surface area contributed by atoms with E-state index in [0.717, 1.165) is 11.3 Å². The Bertz CT molecular complexity index is 1560. The highest BCUT2D eigenvalue weighted by molar-refractivity contribution is 8.15. The number of fused-ring (bicyclic) bond motifs is 3. The Morgan fingerprint density at radius 1 is 1.00 bits per heavy atom. The number of anilines is 1. The second-order valence-corrected chi connectivity index (χ2v) is 10.8. The van der Waals surface area contributed by atoms with Crippen molar-refractivity contribution in [2.45, 2.75) is 37.6 Å². The fourth-order valence-corrected chi connectivity index (χ4v) is 5.60. The lowest BCUT2D eigenvalue weighted by Gasteiger charge is -2.27. The number of carbonyl (C=O) groups excluding carboxylic acids is 3. The molecule has 3 aromatic carbocycles. The third-order valence-corrected chi connectivity index (χ3v) is 8.14. The number of thioether (sulfide) groups is 1. The topological polar surface area (TPSA) is 122 Å². The molecule has 3 amide bonds. The zero-order valence-corrected chi connectivity index (χ0v) is 24.3. The van der Waals surface area contributed by atoms with Gasteiger partial charge in [0.1, 0.15) is 23.4 Å². The van der Waals surface area contributed by atoms with E-state index in [-0.39, 0.29) is 24.1 Å². The van der Waals surface area contributed by atoms with Crippen LogP contribution in [0.25, 0.3) is 0 Å². The molecule has 0 spiro atoms. The van der Waals surface area contributed by atoms with E-state index in [9.17, 15) is 14.4 Å². The summed E-state index contributed by atoms with van der Waals surface area (Å²) in [6, 6.07) is 21.0. The van der Waals surface area contributed by atoms with Gasteiger partial charge in [-0.3, -0.25) is 19.4 Å². The molecule has 5 rings (SSSR count). The number of amides is 3. The average molecular weight is 586 g/mol. The van der Waals surface area contributed by atoms with E-state index in [0.29, 0.717) is 46.7 Å². The van der Waals surface area contributed by atoms with Gasteiger partial charge in [-0.15, -0.1) is 0 Å². The fraction of sp³-hybridized carbons (Fsp3) is 0.258. The smallest absolute Gasteiger partial charge is 0.259 e. The van der Waals surface area contributed by atoms with Crippen molar-refractivity contribution in [1.82, 2.24) is 10.2 Å². The quantitative estimate of drug-likeness (QED) is 0.361. The standard InChI is InChI=1S/C31H31N5O5S/c1-4-26(29(38)33-20-8-7-9-22(16-20)41-3)42-31-35-24-11-6-5-10-23(24)28-34-25(30(39)36(28)31)17-27(37)32-18-19-12-14-21(40-2)15-13-19/h5-16,25-26H,4,17-18H2,1-3H3,(H,32,37)(H,33,38)/t25-,26+/m1/s1. The molecule has 0 saturated heterocycles. The monoisotopic (exact) mass is 585 g/mol. The molecule has 216 valence electrons. The number of nitrogens with zero attached hydrogens (tertiary/aromatic N) is 3. The van der Waals surface area contributed by atoms with Crippen LogP contribution >= 0.6 is 11.8 Å². The largest absolute Gasteiger partial charge is 0.497 e. The molecule has 2 aliphatic heterocycles. The Hall–Kier alpha value is -4.64. The number of nitrogens with one attached hydrogen (secondary N) is 2. The van der Waals surface area contributed by atoms with Crippen LogP contribution < -0.4 is 20.1 Å². The minimum absolute atomic E-state index is 0.108. The van der Waals surface area contributed by atoms with Crippen LogP contribution in [0, 0.1) is 0 Å². The van der Waals surface area contributed by atoms with E-state index in [4.69, 9.17) is 14.5 Å². The highest BCUT2D eigenvalue weighted by Gasteiger charge is 2.43. The van der Waals surface area contributed by atoms with Crippen LogP contribution in [0.5, 0.6) is 11.5 Å². The first-order chi connectivity index (χ1) is 20.4. The second kappa shape index (κ2) is 12.9. The number of para-hydroxylation sites is 1. The number of aliphatic imine (C=N–C) groups is 2. The van der Waals surface area contributed by atoms with E-state index in [1.165, 1.54) is 16.7 Å². The number of hydrogen-bond acceptors (Lipinski definition) is 8. The number of benzene rings is 3. The van der Waals surface area contributed by atoms with Gasteiger partial charge in [0, 0.05) is 23.9 Å². The van der Waals surface area contributed by atoms with E-state index < -0.39 is 11.3 Å². The molecule has 0 aromatic heterocycles. The molecule has 0 fully saturated rings. The van der Waals surface area contributed by atoms with E-state index >= 15 is 0 Å². The Morgan fingerprint density at radius 2 is 1.76 bits per heavy atom. The molecule has 0 radical (unpaired) electrons. The zero-order valence-electron chi connectivity index (χ0n) is 23.5. The molecule has 42 heavy (non-hydrogen) atoms. The fourth-order valence-electron chi connectivity index (χ4n) is 4.58. The van der Waals surface area contributed by atoms with Crippen LogP contribution in [-0.2, 0) is 20.9 Å². The van der Waals surface area contributed by atoms with Gasteiger partial charge in [-0.1, -0.05) is 49.0 Å². The highest BCUT2D eigenvalue weighted by Crippen LogP contribution is 2.36. The molecule has 0 aliphatic carbocycles. The van der Waals surface area contributed by atoms with Crippen molar-refractivity contribution in [3.63, 3.8) is 0 Å². The number of methoxy groups -OCH3 is 2. The van der Waals surface area contributed by atoms with Gasteiger partial charge in [-0.2, -0.15) is 0 Å². The number of amidine groups is 2. The summed E-state index contributed by atoms with van der Waals surface area (Å²) in [4.78, 5) is 50.6. The summed E-state index contributed by atoms with van der Waals surface area (Å²) in [6.45, 7) is 2.22. The van der Waals surface area contributed by atoms with Gasteiger partial charge < -0.3 is 20.1 Å². The van der Waals surface area contributed by atoms with Gasteiger partial charge in [0.15, 0.2) is 5.17 Å². The van der Waals surface area contributed by atoms with Crippen molar-refractivity contribution >= 4 is 51.9 Å². The summed E-state index contributed by atoms with van der Waals surface area (Å²) in [5.74, 6) is 0.920. The summed E-state index contributed by atoms with van der Waals surface area (Å²) >= 11 is 1.20. The maximum Gasteiger partial charge on any atom is 0.259 e. The molecule has 2 heterocycles. The molecule has 11 heteroatoms. The lowest BCUT2D eigenvalue weighted by Crippen LogP contribution is -2.43. The summed E-state index contributed by atoms with van der Waals surface area (Å²) in [6.07, 6.45) is 0.384. The molecular formula is C31H31N5O5S. The zero-order chi connectivity index (χ0) is 29.6. The van der Waals surface area contributed by atoms with Crippen LogP contribution in [0.15, 0.2) is 82.8 Å². The number of ether oxygens (including phenoxy) is 2. The van der Waals surface area contributed by atoms with Crippen molar-refractivity contribution in [2.75, 3.05) is 19.5 Å². The molecule has 0 saturated carbocycles. The molecule has 2 aliphatic rings. The normalized spacial score (nSPS) is 16.0. The molecule has 3 aromatic rings. The van der Waals surface area contributed by atoms with Gasteiger partial charge in [-0.25, -0.2) is 9.89 Å². The number of rotatable bonds is 10. The molecule has 2 atom stereocenters. The van der Waals surface area contributed by atoms with Crippen molar-refractivity contribution in [3.8, 4) is 11.5 Å². The second-order valence-electron chi connectivity index (χ2n) is 9.62. The molecule has 10 nitrogen and oxygen atoms in total. The number of hydrogen-bond donors (Lipinski definition) is 2. The molecule has 0 unspecified atom stereocenters. The molecule has 0 bridgehead atoms. The lowest BCUT2D eigenvalue weighted by atomic mass is 10.1. The van der Waals surface area contributed by atoms with E-state index in [2.05, 4.69) is 15.6 Å². The first kappa shape index (κ1) is 28.9. The van der Waals surface area contributed by atoms with Gasteiger partial charge in [-0.05, 0) is 48.4 Å². The van der Waals surface area contributed by atoms with Crippen molar-refractivity contribution in [3.05, 3.63) is 83.9 Å². The van der Waals surface area contributed by atoms with Crippen LogP contribution in [0.3, 0.4) is 0 Å². The molecule has 2 N–H and O–H groups in total. The predicted octanol–water partition coefficient (Wildman–Crippen LogP) is 4.52. The first-order valence-corrected chi connectivity index (χ1v) is 14.4. The first-order valence-electron chi connectivity index (χ1n) is 13.5. The summed E-state index contributed by atoms with van der Waals surface area (Å²) in [5, 5.41) is 5.61. The van der Waals surface area contributed by atoms with Crippen molar-refractivity contribution < 1.29 is 23.9 Å². The predicted molar refractivity (Wildman–Crippen MR) is 163 cm³/mol. The van der Waals surface area contributed by atoms with Gasteiger partial charge >= 0.3 is 0 Å². The SMILES string of the molecule is CC[C@H](SC1=Nc2ccccc2C2=N[C@H](CC(=O)NCc3ccc(OC)cc3)C(=O)N12)C(=O)Nc1cccc(OC)c1. The van der Waals surface area contributed by atoms with Gasteiger partial charge in [0.25, 0.3) is 5.91 Å². The van der Waals surface area contributed by atoms with E-state index in [1.54, 1.807) is 38.5 Å². The third kappa shape index (κ3) is 6.31. The summed E-state index contributed by atoms with van der Waals surface area (Å²) in [5.41, 5.74) is 2.86. The Kier molecular flexibility index (Phi) is 8.87. The highest BCUT2D eigenvalue weighted by atomic mass is 32.2. The van der Waals surface area contributed by atoms with Gasteiger partial charge in [0.2, 0.25) is 11.8 Å². The van der Waals surface area contributed by atoms with E-state index in [1.807, 2.05) is 55.5 Å². The van der Waals surface area contributed by atoms with Gasteiger partial charge in [0.05, 0.1) is 31.6 Å². The van der Waals surface area contributed by atoms with Crippen LogP contribution in [-0.4, -0.2) is 59.1 Å². The Labute approximate surface area is 248 Å². The average Bonchev–Trinajstić information content (AvgIpc) is 3.34.